The molecule has 0 aromatic carbocycles. The van der Waals surface area contributed by atoms with Crippen molar-refractivity contribution in [3.63, 3.8) is 0 Å². The van der Waals surface area contributed by atoms with Gasteiger partial charge in [-0.1, -0.05) is 20.8 Å². The van der Waals surface area contributed by atoms with E-state index in [-0.39, 0.29) is 0 Å². The van der Waals surface area contributed by atoms with E-state index < -0.39 is 11.4 Å². The van der Waals surface area contributed by atoms with Crippen LogP contribution in [0.3, 0.4) is 0 Å². The van der Waals surface area contributed by atoms with Crippen LogP contribution in [-0.2, 0) is 23.1 Å². The zero-order valence-electron chi connectivity index (χ0n) is 12.4. The summed E-state index contributed by atoms with van der Waals surface area (Å²) in [6.07, 6.45) is 5.39. The van der Waals surface area contributed by atoms with Crippen molar-refractivity contribution < 1.29 is 28.2 Å². The summed E-state index contributed by atoms with van der Waals surface area (Å²) >= 11 is 1.45. The van der Waals surface area contributed by atoms with Gasteiger partial charge >= 0.3 is 78.9 Å². The van der Waals surface area contributed by atoms with Gasteiger partial charge in [0.25, 0.3) is 0 Å². The van der Waals surface area contributed by atoms with Crippen LogP contribution >= 0.6 is 0 Å². The molecule has 0 radical (unpaired) electrons. The Morgan fingerprint density at radius 1 is 1.50 bits per heavy atom. The average Bonchev–Trinajstić information content (AvgIpc) is 2.28. The Balaban J connectivity index is 0.000000203. The van der Waals surface area contributed by atoms with Crippen LogP contribution in [0.15, 0.2) is 11.6 Å². The number of carbonyl (C=O) groups excluding carboxylic acids is 1. The van der Waals surface area contributed by atoms with Gasteiger partial charge in [-0.25, -0.2) is 0 Å². The van der Waals surface area contributed by atoms with Gasteiger partial charge in [-0.05, 0) is 0 Å². The van der Waals surface area contributed by atoms with Crippen molar-refractivity contribution in [1.29, 1.82) is 0 Å². The van der Waals surface area contributed by atoms with Gasteiger partial charge < -0.3 is 9.90 Å². The molecular formula is C15H24O2Zn. The van der Waals surface area contributed by atoms with Crippen LogP contribution in [0, 0.1) is 22.7 Å². The first kappa shape index (κ1) is 15.9. The number of aliphatic carboxylic acids is 1. The number of carbonyl (C=O) groups is 1. The first-order valence-corrected chi connectivity index (χ1v) is 8.90. The van der Waals surface area contributed by atoms with Crippen LogP contribution < -0.4 is 5.11 Å². The summed E-state index contributed by atoms with van der Waals surface area (Å²) in [6.45, 7) is 9.70. The predicted molar refractivity (Wildman–Crippen MR) is 67.3 cm³/mol. The van der Waals surface area contributed by atoms with E-state index in [0.29, 0.717) is 5.41 Å². The third-order valence-corrected chi connectivity index (χ3v) is 5.70. The summed E-state index contributed by atoms with van der Waals surface area (Å²) < 4.78 is 0. The molecule has 2 bridgehead atoms. The monoisotopic (exact) mass is 300 g/mol. The normalized spacial score (nSPS) is 28.5. The SMILES string of the molecule is CC(C)(C)C(=O)[O-].CC1(C)C2CC=C([CH2][Zn+])C1C2. The molecule has 3 aliphatic carbocycles. The fraction of sp³-hybridized carbons (Fsp3) is 0.800. The summed E-state index contributed by atoms with van der Waals surface area (Å²) in [5.41, 5.74) is 1.75. The van der Waals surface area contributed by atoms with E-state index in [4.69, 9.17) is 0 Å². The van der Waals surface area contributed by atoms with Crippen LogP contribution in [0.25, 0.3) is 0 Å². The van der Waals surface area contributed by atoms with E-state index in [1.165, 1.54) is 36.2 Å². The molecule has 1 saturated carbocycles. The molecule has 2 atom stereocenters. The second-order valence-electron chi connectivity index (χ2n) is 7.11. The Morgan fingerprint density at radius 3 is 2.22 bits per heavy atom. The van der Waals surface area contributed by atoms with Crippen LogP contribution in [-0.4, -0.2) is 5.97 Å². The Labute approximate surface area is 121 Å². The van der Waals surface area contributed by atoms with Crippen molar-refractivity contribution >= 4 is 5.97 Å². The minimum absolute atomic E-state index is 0.659. The topological polar surface area (TPSA) is 40.1 Å². The van der Waals surface area contributed by atoms with E-state index in [1.54, 1.807) is 26.3 Å². The van der Waals surface area contributed by atoms with E-state index in [2.05, 4.69) is 19.9 Å². The maximum absolute atomic E-state index is 9.91. The molecule has 3 heteroatoms. The average molecular weight is 302 g/mol. The summed E-state index contributed by atoms with van der Waals surface area (Å²) in [5.74, 6) is 0.977. The zero-order valence-corrected chi connectivity index (χ0v) is 15.3. The van der Waals surface area contributed by atoms with Crippen molar-refractivity contribution in [3.8, 4) is 0 Å². The van der Waals surface area contributed by atoms with Gasteiger partial charge in [0, 0.05) is 11.4 Å². The van der Waals surface area contributed by atoms with Gasteiger partial charge in [0.1, 0.15) is 0 Å². The number of fused-ring (bicyclic) bond motifs is 1. The molecule has 0 heterocycles. The van der Waals surface area contributed by atoms with Gasteiger partial charge in [0.2, 0.25) is 0 Å². The van der Waals surface area contributed by atoms with Gasteiger partial charge in [-0.3, -0.25) is 0 Å². The number of hydrogen-bond donors (Lipinski definition) is 0. The minimum atomic E-state index is -1.01. The third-order valence-electron chi connectivity index (χ3n) is 4.48. The van der Waals surface area contributed by atoms with Gasteiger partial charge in [-0.15, -0.1) is 0 Å². The predicted octanol–water partition coefficient (Wildman–Crippen LogP) is 2.73. The fourth-order valence-corrected chi connectivity index (χ4v) is 3.92. The summed E-state index contributed by atoms with van der Waals surface area (Å²) in [6, 6.07) is 0. The first-order chi connectivity index (χ1) is 8.10. The molecular weight excluding hydrogens is 278 g/mol. The van der Waals surface area contributed by atoms with E-state index in [1.807, 2.05) is 0 Å². The number of carboxylic acids is 1. The van der Waals surface area contributed by atoms with E-state index in [9.17, 15) is 9.90 Å². The molecule has 3 rings (SSSR count). The number of allylic oxidation sites excluding steroid dienone is 2. The van der Waals surface area contributed by atoms with Crippen molar-refractivity contribution in [1.82, 2.24) is 0 Å². The standard InChI is InChI=1S/C10H15.C5H10O2.Zn/c1-7-4-5-8-6-9(7)10(8,2)3;1-5(2,3)4(6)7;/h4,8-9H,1,5-6H2,2-3H3;1-3H3,(H,6,7);/q;;+1/p-1. The van der Waals surface area contributed by atoms with Crippen LogP contribution in [0.4, 0.5) is 0 Å². The second-order valence-corrected chi connectivity index (χ2v) is 8.16. The Bertz CT molecular complexity index is 350. The summed E-state index contributed by atoms with van der Waals surface area (Å²) in [7, 11) is 0. The quantitative estimate of drug-likeness (QED) is 0.552. The van der Waals surface area contributed by atoms with Crippen LogP contribution in [0.2, 0.25) is 5.02 Å². The Hall–Kier alpha value is -0.167. The van der Waals surface area contributed by atoms with Crippen LogP contribution in [0.1, 0.15) is 47.5 Å². The first-order valence-electron chi connectivity index (χ1n) is 6.80. The molecule has 1 fully saturated rings. The molecule has 98 valence electrons. The van der Waals surface area contributed by atoms with Gasteiger partial charge in [0.05, 0.1) is 0 Å². The molecule has 0 spiro atoms. The number of rotatable bonds is 1. The maximum atomic E-state index is 9.91. The third kappa shape index (κ3) is 3.23. The molecule has 0 aromatic heterocycles. The molecule has 0 aliphatic heterocycles. The molecule has 2 nitrogen and oxygen atoms in total. The van der Waals surface area contributed by atoms with Crippen molar-refractivity contribution in [2.45, 2.75) is 52.5 Å². The molecule has 0 saturated heterocycles. The van der Waals surface area contributed by atoms with Gasteiger partial charge in [-0.2, -0.15) is 0 Å². The zero-order chi connectivity index (χ0) is 14.1. The molecule has 18 heavy (non-hydrogen) atoms. The Morgan fingerprint density at radius 2 is 2.00 bits per heavy atom. The number of hydrogen-bond acceptors (Lipinski definition) is 2. The fourth-order valence-electron chi connectivity index (χ4n) is 2.76. The molecule has 0 aromatic rings. The Kier molecular flexibility index (Phi) is 4.81. The second kappa shape index (κ2) is 5.45. The molecule has 2 unspecified atom stereocenters. The van der Waals surface area contributed by atoms with Crippen molar-refractivity contribution in [2.75, 3.05) is 0 Å². The van der Waals surface area contributed by atoms with Crippen molar-refractivity contribution in [2.24, 2.45) is 22.7 Å². The van der Waals surface area contributed by atoms with Gasteiger partial charge in [0.15, 0.2) is 0 Å². The van der Waals surface area contributed by atoms with E-state index >= 15 is 0 Å². The summed E-state index contributed by atoms with van der Waals surface area (Å²) in [4.78, 5) is 9.91. The van der Waals surface area contributed by atoms with E-state index in [0.717, 1.165) is 11.8 Å². The molecule has 0 N–H and O–H groups in total. The summed E-state index contributed by atoms with van der Waals surface area (Å²) in [5, 5.41) is 11.3. The van der Waals surface area contributed by atoms with Crippen molar-refractivity contribution in [3.05, 3.63) is 11.6 Å². The molecule has 0 amide bonds. The molecule has 3 aliphatic rings. The van der Waals surface area contributed by atoms with Crippen LogP contribution in [0.5, 0.6) is 0 Å². The number of carboxylic acid groups (broad SMARTS) is 1.